The lowest BCUT2D eigenvalue weighted by molar-refractivity contribution is -0.138. The smallest absolute Gasteiger partial charge is 0.305 e. The Kier molecular flexibility index (Phi) is 7.47. The average molecular weight is 353 g/mol. The van der Waals surface area contributed by atoms with Gasteiger partial charge in [0.1, 0.15) is 0 Å². The molecular formula is C19H31NO5. The Bertz CT molecular complexity index is 504. The van der Waals surface area contributed by atoms with Crippen molar-refractivity contribution in [2.24, 2.45) is 11.8 Å². The van der Waals surface area contributed by atoms with Crippen LogP contribution in [0.25, 0.3) is 0 Å². The monoisotopic (exact) mass is 353 g/mol. The predicted molar refractivity (Wildman–Crippen MR) is 94.5 cm³/mol. The van der Waals surface area contributed by atoms with Crippen molar-refractivity contribution >= 4 is 5.97 Å². The van der Waals surface area contributed by atoms with E-state index in [-0.39, 0.29) is 24.9 Å². The van der Waals surface area contributed by atoms with Crippen molar-refractivity contribution in [1.29, 1.82) is 0 Å². The summed E-state index contributed by atoms with van der Waals surface area (Å²) in [5, 5.41) is 29.7. The fourth-order valence-electron chi connectivity index (χ4n) is 3.81. The maximum Gasteiger partial charge on any atom is 0.305 e. The van der Waals surface area contributed by atoms with Crippen molar-refractivity contribution in [3.63, 3.8) is 0 Å². The maximum absolute atomic E-state index is 11.0. The fourth-order valence-corrected chi connectivity index (χ4v) is 3.81. The van der Waals surface area contributed by atoms with Crippen LogP contribution in [-0.4, -0.2) is 39.6 Å². The highest BCUT2D eigenvalue weighted by atomic mass is 16.6. The zero-order chi connectivity index (χ0) is 18.3. The number of carbonyl (C=O) groups is 1. The van der Waals surface area contributed by atoms with Crippen molar-refractivity contribution in [3.8, 4) is 0 Å². The molecule has 4 N–H and O–H groups in total. The summed E-state index contributed by atoms with van der Waals surface area (Å²) in [4.78, 5) is 15.6. The van der Waals surface area contributed by atoms with E-state index in [1.165, 1.54) is 0 Å². The summed E-state index contributed by atoms with van der Waals surface area (Å²) in [5.41, 5.74) is 2.68. The largest absolute Gasteiger partial charge is 0.481 e. The Morgan fingerprint density at radius 1 is 1.48 bits per heavy atom. The summed E-state index contributed by atoms with van der Waals surface area (Å²) in [6.45, 7) is 2.23. The second-order valence-corrected chi connectivity index (χ2v) is 7.18. The van der Waals surface area contributed by atoms with Crippen molar-refractivity contribution < 1.29 is 25.0 Å². The molecule has 1 saturated carbocycles. The third kappa shape index (κ3) is 5.56. The third-order valence-corrected chi connectivity index (χ3v) is 5.24. The number of aliphatic hydroxyl groups excluding tert-OH is 1. The lowest BCUT2D eigenvalue weighted by Gasteiger charge is -2.26. The van der Waals surface area contributed by atoms with Crippen LogP contribution in [0, 0.1) is 11.8 Å². The summed E-state index contributed by atoms with van der Waals surface area (Å²) in [7, 11) is 0. The molecule has 2 aliphatic rings. The minimum atomic E-state index is -0.905. The van der Waals surface area contributed by atoms with E-state index < -0.39 is 17.7 Å². The number of fused-ring (bicyclic) bond motifs is 1. The maximum atomic E-state index is 11.0. The van der Waals surface area contributed by atoms with E-state index >= 15 is 0 Å². The van der Waals surface area contributed by atoms with Crippen LogP contribution in [-0.2, 0) is 9.63 Å². The van der Waals surface area contributed by atoms with Gasteiger partial charge in [0.2, 0.25) is 0 Å². The van der Waals surface area contributed by atoms with Crippen molar-refractivity contribution in [3.05, 3.63) is 23.9 Å². The van der Waals surface area contributed by atoms with Gasteiger partial charge in [-0.2, -0.15) is 0 Å². The molecule has 2 aliphatic carbocycles. The number of aliphatic hydroxyl groups is 2. The van der Waals surface area contributed by atoms with Gasteiger partial charge in [0.05, 0.1) is 24.7 Å². The molecular weight excluding hydrogens is 322 g/mol. The molecule has 0 heterocycles. The van der Waals surface area contributed by atoms with Crippen molar-refractivity contribution in [2.75, 3.05) is 6.61 Å². The van der Waals surface area contributed by atoms with Crippen LogP contribution in [0.15, 0.2) is 23.9 Å². The van der Waals surface area contributed by atoms with Crippen LogP contribution in [0.1, 0.15) is 58.3 Å². The number of unbranched alkanes of at least 4 members (excludes halogenated alkanes) is 2. The lowest BCUT2D eigenvalue weighted by atomic mass is 9.86. The van der Waals surface area contributed by atoms with Crippen LogP contribution in [0.5, 0.6) is 0 Å². The zero-order valence-corrected chi connectivity index (χ0v) is 15.0. The molecule has 6 heteroatoms. The molecule has 6 nitrogen and oxygen atoms in total. The van der Waals surface area contributed by atoms with Gasteiger partial charge in [0.25, 0.3) is 0 Å². The molecule has 0 aromatic carbocycles. The number of nitrogens with one attached hydrogen (secondary N) is 1. The van der Waals surface area contributed by atoms with Gasteiger partial charge < -0.3 is 15.3 Å². The first-order valence-corrected chi connectivity index (χ1v) is 9.35. The van der Waals surface area contributed by atoms with Gasteiger partial charge in [0.15, 0.2) is 0 Å². The molecule has 0 bridgehead atoms. The standard InChI is InChI=1S/C19H31NO5/c1-2-3-4-5-17(21)9-8-14-6-7-15-12-16(13-19(14,15)24)20-25-11-10-18(22)23/h8-9,13-15,17,20-21,24H,2-7,10-12H2,1H3,(H,22,23)/t14-,15+,17?,19+/m0/s1. The summed E-state index contributed by atoms with van der Waals surface area (Å²) in [6.07, 6.45) is 11.7. The molecule has 0 aliphatic heterocycles. The number of carboxylic acid groups (broad SMARTS) is 1. The molecule has 142 valence electrons. The van der Waals surface area contributed by atoms with Gasteiger partial charge in [-0.25, -0.2) is 0 Å². The van der Waals surface area contributed by atoms with E-state index in [9.17, 15) is 15.0 Å². The van der Waals surface area contributed by atoms with E-state index in [4.69, 9.17) is 9.94 Å². The highest BCUT2D eigenvalue weighted by Gasteiger charge is 2.50. The Balaban J connectivity index is 1.85. The Morgan fingerprint density at radius 2 is 2.28 bits per heavy atom. The molecule has 1 fully saturated rings. The molecule has 0 saturated heterocycles. The number of carboxylic acids is 1. The topological polar surface area (TPSA) is 99.0 Å². The summed E-state index contributed by atoms with van der Waals surface area (Å²) >= 11 is 0. The molecule has 4 atom stereocenters. The predicted octanol–water partition coefficient (Wildman–Crippen LogP) is 2.52. The molecule has 1 unspecified atom stereocenters. The minimum Gasteiger partial charge on any atom is -0.481 e. The van der Waals surface area contributed by atoms with Crippen LogP contribution < -0.4 is 5.48 Å². The van der Waals surface area contributed by atoms with Gasteiger partial charge in [-0.3, -0.25) is 15.1 Å². The first-order valence-electron chi connectivity index (χ1n) is 9.35. The van der Waals surface area contributed by atoms with Crippen molar-refractivity contribution in [1.82, 2.24) is 5.48 Å². The molecule has 0 aromatic heterocycles. The lowest BCUT2D eigenvalue weighted by Crippen LogP contribution is -2.33. The average Bonchev–Trinajstić information content (AvgIpc) is 3.03. The van der Waals surface area contributed by atoms with E-state index in [2.05, 4.69) is 12.4 Å². The summed E-state index contributed by atoms with van der Waals surface area (Å²) in [5.74, 6) is -0.762. The molecule has 25 heavy (non-hydrogen) atoms. The van der Waals surface area contributed by atoms with E-state index in [1.54, 1.807) is 0 Å². The highest BCUT2D eigenvalue weighted by Crippen LogP contribution is 2.49. The van der Waals surface area contributed by atoms with Crippen molar-refractivity contribution in [2.45, 2.75) is 70.0 Å². The van der Waals surface area contributed by atoms with E-state index in [0.29, 0.717) is 6.42 Å². The first kappa shape index (κ1) is 19.9. The van der Waals surface area contributed by atoms with E-state index in [0.717, 1.165) is 44.2 Å². The zero-order valence-electron chi connectivity index (χ0n) is 15.0. The number of hydrogen-bond donors (Lipinski definition) is 4. The summed E-state index contributed by atoms with van der Waals surface area (Å²) in [6, 6.07) is 0. The second kappa shape index (κ2) is 9.36. The minimum absolute atomic E-state index is 0.00311. The normalized spacial score (nSPS) is 29.6. The third-order valence-electron chi connectivity index (χ3n) is 5.24. The van der Waals surface area contributed by atoms with Gasteiger partial charge in [-0.05, 0) is 37.7 Å². The molecule has 2 rings (SSSR count). The SMILES string of the molecule is CCCCCC(O)C=C[C@@H]1CC[C@@H]2CC(NOCCC(=O)O)=C[C@]21O. The van der Waals surface area contributed by atoms with Gasteiger partial charge in [-0.15, -0.1) is 0 Å². The second-order valence-electron chi connectivity index (χ2n) is 7.18. The Hall–Kier alpha value is -1.37. The number of hydroxylamine groups is 1. The van der Waals surface area contributed by atoms with Gasteiger partial charge in [-0.1, -0.05) is 38.3 Å². The number of hydrogen-bond acceptors (Lipinski definition) is 5. The Morgan fingerprint density at radius 3 is 3.00 bits per heavy atom. The molecule has 0 aromatic rings. The molecule has 0 radical (unpaired) electrons. The number of aliphatic carboxylic acids is 1. The van der Waals surface area contributed by atoms with Gasteiger partial charge in [0, 0.05) is 11.6 Å². The highest BCUT2D eigenvalue weighted by molar-refractivity contribution is 5.66. The van der Waals surface area contributed by atoms with Gasteiger partial charge >= 0.3 is 5.97 Å². The number of rotatable bonds is 11. The van der Waals surface area contributed by atoms with Crippen LogP contribution in [0.2, 0.25) is 0 Å². The van der Waals surface area contributed by atoms with Crippen LogP contribution in [0.4, 0.5) is 0 Å². The first-order chi connectivity index (χ1) is 12.0. The van der Waals surface area contributed by atoms with E-state index in [1.807, 2.05) is 18.2 Å². The molecule has 0 amide bonds. The fraction of sp³-hybridized carbons (Fsp3) is 0.737. The molecule has 0 spiro atoms. The summed E-state index contributed by atoms with van der Waals surface area (Å²) < 4.78 is 0. The quantitative estimate of drug-likeness (QED) is 0.259. The number of allylic oxidation sites excluding steroid dienone is 1. The Labute approximate surface area is 149 Å². The van der Waals surface area contributed by atoms with Crippen LogP contribution >= 0.6 is 0 Å². The van der Waals surface area contributed by atoms with Crippen LogP contribution in [0.3, 0.4) is 0 Å².